The minimum absolute atomic E-state index is 0.761. The van der Waals surface area contributed by atoms with Gasteiger partial charge in [0, 0.05) is 19.2 Å². The van der Waals surface area contributed by atoms with Crippen molar-refractivity contribution in [2.75, 3.05) is 11.9 Å². The van der Waals surface area contributed by atoms with Crippen molar-refractivity contribution in [2.24, 2.45) is 0 Å². The molecule has 1 aromatic carbocycles. The molecule has 0 radical (unpaired) electrons. The maximum absolute atomic E-state index is 4.60. The molecule has 0 bridgehead atoms. The van der Waals surface area contributed by atoms with Crippen molar-refractivity contribution in [3.63, 3.8) is 0 Å². The monoisotopic (exact) mass is 333 g/mol. The minimum Gasteiger partial charge on any atom is -0.369 e. The predicted molar refractivity (Wildman–Crippen MR) is 87.2 cm³/mol. The van der Waals surface area contributed by atoms with Gasteiger partial charge in [-0.05, 0) is 41.8 Å². The SMILES string of the molecule is CCCNc1nc(Cc2cc(C)cc(C)c2)ncc1Br. The third kappa shape index (κ3) is 4.04. The van der Waals surface area contributed by atoms with Gasteiger partial charge in [-0.15, -0.1) is 0 Å². The molecule has 1 aromatic heterocycles. The topological polar surface area (TPSA) is 37.8 Å². The van der Waals surface area contributed by atoms with Crippen LogP contribution in [-0.2, 0) is 6.42 Å². The van der Waals surface area contributed by atoms with Gasteiger partial charge in [-0.3, -0.25) is 0 Å². The van der Waals surface area contributed by atoms with Crippen molar-refractivity contribution < 1.29 is 0 Å². The molecule has 3 nitrogen and oxygen atoms in total. The molecule has 1 N–H and O–H groups in total. The number of hydrogen-bond donors (Lipinski definition) is 1. The number of hydrogen-bond acceptors (Lipinski definition) is 3. The van der Waals surface area contributed by atoms with Crippen molar-refractivity contribution in [1.29, 1.82) is 0 Å². The van der Waals surface area contributed by atoms with Crippen LogP contribution in [0.1, 0.15) is 35.9 Å². The number of aryl methyl sites for hydroxylation is 2. The second-order valence-electron chi connectivity index (χ2n) is 5.08. The largest absolute Gasteiger partial charge is 0.369 e. The van der Waals surface area contributed by atoms with Crippen LogP contribution in [0.5, 0.6) is 0 Å². The van der Waals surface area contributed by atoms with Crippen molar-refractivity contribution in [3.05, 3.63) is 51.4 Å². The molecule has 0 atom stereocenters. The van der Waals surface area contributed by atoms with E-state index in [1.807, 2.05) is 6.20 Å². The highest BCUT2D eigenvalue weighted by atomic mass is 79.9. The van der Waals surface area contributed by atoms with Gasteiger partial charge in [0.05, 0.1) is 4.47 Å². The summed E-state index contributed by atoms with van der Waals surface area (Å²) in [5.41, 5.74) is 3.81. The summed E-state index contributed by atoms with van der Waals surface area (Å²) in [7, 11) is 0. The molecule has 0 amide bonds. The Bertz CT molecular complexity index is 576. The first-order valence-electron chi connectivity index (χ1n) is 6.91. The molecule has 1 heterocycles. The quantitative estimate of drug-likeness (QED) is 0.887. The highest BCUT2D eigenvalue weighted by Crippen LogP contribution is 2.20. The summed E-state index contributed by atoms with van der Waals surface area (Å²) in [6, 6.07) is 6.56. The Morgan fingerprint density at radius 2 is 1.85 bits per heavy atom. The molecule has 4 heteroatoms. The number of nitrogens with one attached hydrogen (secondary N) is 1. The molecular weight excluding hydrogens is 314 g/mol. The minimum atomic E-state index is 0.761. The molecule has 20 heavy (non-hydrogen) atoms. The molecule has 0 fully saturated rings. The Morgan fingerprint density at radius 3 is 2.50 bits per heavy atom. The Labute approximate surface area is 129 Å². The molecule has 0 aliphatic carbocycles. The predicted octanol–water partition coefficient (Wildman–Crippen LogP) is 4.27. The van der Waals surface area contributed by atoms with Crippen LogP contribution in [0.15, 0.2) is 28.9 Å². The Kier molecular flexibility index (Phi) is 5.12. The van der Waals surface area contributed by atoms with Gasteiger partial charge >= 0.3 is 0 Å². The second kappa shape index (κ2) is 6.84. The van der Waals surface area contributed by atoms with Gasteiger partial charge < -0.3 is 5.32 Å². The molecule has 106 valence electrons. The van der Waals surface area contributed by atoms with Crippen molar-refractivity contribution >= 4 is 21.7 Å². The van der Waals surface area contributed by atoms with Gasteiger partial charge in [0.1, 0.15) is 11.6 Å². The Hall–Kier alpha value is -1.42. The summed E-state index contributed by atoms with van der Waals surface area (Å²) in [5.74, 6) is 1.72. The van der Waals surface area contributed by atoms with Crippen LogP contribution >= 0.6 is 15.9 Å². The molecule has 2 aromatic rings. The Morgan fingerprint density at radius 1 is 1.15 bits per heavy atom. The van der Waals surface area contributed by atoms with E-state index in [2.05, 4.69) is 70.2 Å². The van der Waals surface area contributed by atoms with E-state index in [4.69, 9.17) is 0 Å². The van der Waals surface area contributed by atoms with Crippen LogP contribution in [0.25, 0.3) is 0 Å². The fourth-order valence-corrected chi connectivity index (χ4v) is 2.54. The van der Waals surface area contributed by atoms with E-state index in [-0.39, 0.29) is 0 Å². The number of anilines is 1. The van der Waals surface area contributed by atoms with Gasteiger partial charge in [-0.1, -0.05) is 36.2 Å². The van der Waals surface area contributed by atoms with Crippen LogP contribution in [0.4, 0.5) is 5.82 Å². The normalized spacial score (nSPS) is 10.6. The summed E-state index contributed by atoms with van der Waals surface area (Å²) in [5, 5.41) is 3.31. The van der Waals surface area contributed by atoms with Crippen molar-refractivity contribution in [1.82, 2.24) is 9.97 Å². The molecule has 0 saturated carbocycles. The maximum atomic E-state index is 4.60. The van der Waals surface area contributed by atoms with Gasteiger partial charge in [-0.2, -0.15) is 0 Å². The van der Waals surface area contributed by atoms with Gasteiger partial charge in [-0.25, -0.2) is 9.97 Å². The van der Waals surface area contributed by atoms with Crippen LogP contribution in [-0.4, -0.2) is 16.5 Å². The molecule has 0 aliphatic rings. The summed E-state index contributed by atoms with van der Waals surface area (Å²) in [6.07, 6.45) is 3.66. The third-order valence-electron chi connectivity index (χ3n) is 2.98. The zero-order chi connectivity index (χ0) is 14.5. The molecule has 0 unspecified atom stereocenters. The molecule has 2 rings (SSSR count). The van der Waals surface area contributed by atoms with Gasteiger partial charge in [0.15, 0.2) is 0 Å². The van der Waals surface area contributed by atoms with Crippen LogP contribution < -0.4 is 5.32 Å². The molecular formula is C16H20BrN3. The summed E-state index contributed by atoms with van der Waals surface area (Å²) in [4.78, 5) is 9.00. The van der Waals surface area contributed by atoms with Crippen LogP contribution in [0.2, 0.25) is 0 Å². The summed E-state index contributed by atoms with van der Waals surface area (Å²) < 4.78 is 0.912. The first-order chi connectivity index (χ1) is 9.58. The van der Waals surface area contributed by atoms with E-state index >= 15 is 0 Å². The average molecular weight is 334 g/mol. The molecule has 0 aliphatic heterocycles. The maximum Gasteiger partial charge on any atom is 0.144 e. The van der Waals surface area contributed by atoms with E-state index in [0.717, 1.165) is 35.5 Å². The standard InChI is InChI=1S/C16H20BrN3/c1-4-5-18-16-14(17)10-19-15(20-16)9-13-7-11(2)6-12(3)8-13/h6-8,10H,4-5,9H2,1-3H3,(H,18,19,20). The lowest BCUT2D eigenvalue weighted by molar-refractivity contribution is 0.926. The lowest BCUT2D eigenvalue weighted by Crippen LogP contribution is -2.06. The van der Waals surface area contributed by atoms with E-state index < -0.39 is 0 Å². The highest BCUT2D eigenvalue weighted by Gasteiger charge is 2.06. The van der Waals surface area contributed by atoms with Crippen molar-refractivity contribution in [2.45, 2.75) is 33.6 Å². The third-order valence-corrected chi connectivity index (χ3v) is 3.56. The number of aromatic nitrogens is 2. The fourth-order valence-electron chi connectivity index (χ4n) is 2.21. The highest BCUT2D eigenvalue weighted by molar-refractivity contribution is 9.10. The number of rotatable bonds is 5. The van der Waals surface area contributed by atoms with Crippen LogP contribution in [0, 0.1) is 13.8 Å². The second-order valence-corrected chi connectivity index (χ2v) is 5.94. The lowest BCUT2D eigenvalue weighted by atomic mass is 10.0. The molecule has 0 saturated heterocycles. The first kappa shape index (κ1) is 15.0. The smallest absolute Gasteiger partial charge is 0.144 e. The number of nitrogens with zero attached hydrogens (tertiary/aromatic N) is 2. The van der Waals surface area contributed by atoms with Crippen molar-refractivity contribution in [3.8, 4) is 0 Å². The zero-order valence-electron chi connectivity index (χ0n) is 12.2. The Balaban J connectivity index is 2.20. The van der Waals surface area contributed by atoms with Gasteiger partial charge in [0.25, 0.3) is 0 Å². The lowest BCUT2D eigenvalue weighted by Gasteiger charge is -2.09. The summed E-state index contributed by atoms with van der Waals surface area (Å²) in [6.45, 7) is 7.29. The van der Waals surface area contributed by atoms with E-state index in [1.54, 1.807) is 0 Å². The number of halogens is 1. The first-order valence-corrected chi connectivity index (χ1v) is 7.70. The number of benzene rings is 1. The average Bonchev–Trinajstić information content (AvgIpc) is 2.38. The fraction of sp³-hybridized carbons (Fsp3) is 0.375. The zero-order valence-corrected chi connectivity index (χ0v) is 13.8. The summed E-state index contributed by atoms with van der Waals surface area (Å²) >= 11 is 3.48. The van der Waals surface area contributed by atoms with E-state index in [9.17, 15) is 0 Å². The van der Waals surface area contributed by atoms with E-state index in [1.165, 1.54) is 16.7 Å². The van der Waals surface area contributed by atoms with E-state index in [0.29, 0.717) is 0 Å². The van der Waals surface area contributed by atoms with Gasteiger partial charge in [0.2, 0.25) is 0 Å². The van der Waals surface area contributed by atoms with Crippen LogP contribution in [0.3, 0.4) is 0 Å². The molecule has 0 spiro atoms.